The fourth-order valence-corrected chi connectivity index (χ4v) is 2.67. The van der Waals surface area contributed by atoms with Crippen molar-refractivity contribution in [3.8, 4) is 11.4 Å². The molecule has 0 aliphatic carbocycles. The van der Waals surface area contributed by atoms with Gasteiger partial charge in [0.05, 0.1) is 7.11 Å². The van der Waals surface area contributed by atoms with Gasteiger partial charge in [-0.15, -0.1) is 0 Å². The molecule has 3 rings (SSSR count). The average Bonchev–Trinajstić information content (AvgIpc) is 2.66. The molecule has 0 radical (unpaired) electrons. The normalized spacial score (nSPS) is 10.4. The van der Waals surface area contributed by atoms with Crippen molar-refractivity contribution >= 4 is 5.91 Å². The highest BCUT2D eigenvalue weighted by molar-refractivity contribution is 5.93. The maximum Gasteiger partial charge on any atom is 0.267 e. The zero-order chi connectivity index (χ0) is 18.5. The molecule has 2 aromatic carbocycles. The van der Waals surface area contributed by atoms with Crippen LogP contribution in [0.4, 0.5) is 0 Å². The van der Waals surface area contributed by atoms with Gasteiger partial charge in [-0.3, -0.25) is 14.2 Å². The number of benzene rings is 2. The molecule has 1 amide bonds. The molecule has 0 saturated carbocycles. The molecular weight excluding hydrogens is 328 g/mol. The number of nitrogens with zero attached hydrogens (tertiary/aromatic N) is 1. The van der Waals surface area contributed by atoms with Crippen LogP contribution in [0.25, 0.3) is 5.69 Å². The van der Waals surface area contributed by atoms with Gasteiger partial charge in [0, 0.05) is 18.4 Å². The first kappa shape index (κ1) is 17.5. The topological polar surface area (TPSA) is 60.3 Å². The van der Waals surface area contributed by atoms with Crippen LogP contribution < -0.4 is 15.6 Å². The molecule has 1 N–H and O–H groups in total. The van der Waals surface area contributed by atoms with E-state index in [9.17, 15) is 9.59 Å². The molecule has 0 spiro atoms. The molecule has 0 unspecified atom stereocenters. The molecule has 0 aliphatic heterocycles. The highest BCUT2D eigenvalue weighted by Gasteiger charge is 2.12. The lowest BCUT2D eigenvalue weighted by molar-refractivity contribution is 0.0949. The molecule has 1 aromatic heterocycles. The van der Waals surface area contributed by atoms with Gasteiger partial charge < -0.3 is 10.1 Å². The molecule has 5 heteroatoms. The molecule has 3 aromatic rings. The minimum Gasteiger partial charge on any atom is -0.497 e. The molecule has 0 atom stereocenters. The molecule has 5 nitrogen and oxygen atoms in total. The summed E-state index contributed by atoms with van der Waals surface area (Å²) in [5.74, 6) is 0.358. The Bertz CT molecular complexity index is 975. The zero-order valence-corrected chi connectivity index (χ0v) is 14.7. The van der Waals surface area contributed by atoms with Gasteiger partial charge in [0.1, 0.15) is 11.3 Å². The lowest BCUT2D eigenvalue weighted by Crippen LogP contribution is -2.32. The van der Waals surface area contributed by atoms with Crippen LogP contribution in [-0.2, 0) is 6.54 Å². The van der Waals surface area contributed by atoms with Gasteiger partial charge >= 0.3 is 0 Å². The van der Waals surface area contributed by atoms with E-state index in [1.54, 1.807) is 19.4 Å². The number of nitrogens with one attached hydrogen (secondary N) is 1. The molecule has 132 valence electrons. The second kappa shape index (κ2) is 7.70. The SMILES string of the molecule is COc1ccc(CNC(=O)c2cccn(-c3cccc(C)c3)c2=O)cc1. The van der Waals surface area contributed by atoms with E-state index in [0.29, 0.717) is 6.54 Å². The van der Waals surface area contributed by atoms with Crippen LogP contribution in [0.3, 0.4) is 0 Å². The van der Waals surface area contributed by atoms with E-state index in [0.717, 1.165) is 22.6 Å². The van der Waals surface area contributed by atoms with Crippen molar-refractivity contribution < 1.29 is 9.53 Å². The Kier molecular flexibility index (Phi) is 5.17. The molecule has 0 bridgehead atoms. The lowest BCUT2D eigenvalue weighted by Gasteiger charge is -2.10. The summed E-state index contributed by atoms with van der Waals surface area (Å²) in [6.07, 6.45) is 1.66. The van der Waals surface area contributed by atoms with E-state index in [1.807, 2.05) is 55.5 Å². The summed E-state index contributed by atoms with van der Waals surface area (Å²) in [7, 11) is 1.60. The van der Waals surface area contributed by atoms with E-state index in [2.05, 4.69) is 5.32 Å². The van der Waals surface area contributed by atoms with Crippen LogP contribution in [0.1, 0.15) is 21.5 Å². The summed E-state index contributed by atoms with van der Waals surface area (Å²) >= 11 is 0. The predicted molar refractivity (Wildman–Crippen MR) is 101 cm³/mol. The quantitative estimate of drug-likeness (QED) is 0.771. The van der Waals surface area contributed by atoms with Crippen LogP contribution in [0.5, 0.6) is 5.75 Å². The van der Waals surface area contributed by atoms with E-state index in [-0.39, 0.29) is 11.1 Å². The zero-order valence-electron chi connectivity index (χ0n) is 14.7. The summed E-state index contributed by atoms with van der Waals surface area (Å²) in [5.41, 5.74) is 2.48. The van der Waals surface area contributed by atoms with Crippen molar-refractivity contribution in [3.63, 3.8) is 0 Å². The maximum atomic E-state index is 12.7. The predicted octanol–water partition coefficient (Wildman–Crippen LogP) is 3.08. The van der Waals surface area contributed by atoms with Crippen LogP contribution in [0.15, 0.2) is 71.7 Å². The van der Waals surface area contributed by atoms with Gasteiger partial charge in [-0.05, 0) is 54.4 Å². The van der Waals surface area contributed by atoms with Crippen molar-refractivity contribution in [2.45, 2.75) is 13.5 Å². The number of ether oxygens (including phenoxy) is 1. The number of amides is 1. The summed E-state index contributed by atoms with van der Waals surface area (Å²) in [6.45, 7) is 2.29. The van der Waals surface area contributed by atoms with Gasteiger partial charge in [0.2, 0.25) is 0 Å². The van der Waals surface area contributed by atoms with Gasteiger partial charge in [0.15, 0.2) is 0 Å². The summed E-state index contributed by atoms with van der Waals surface area (Å²) in [4.78, 5) is 25.2. The summed E-state index contributed by atoms with van der Waals surface area (Å²) in [6, 6.07) is 18.2. The van der Waals surface area contributed by atoms with Crippen LogP contribution >= 0.6 is 0 Å². The highest BCUT2D eigenvalue weighted by Crippen LogP contribution is 2.11. The third kappa shape index (κ3) is 3.83. The Balaban J connectivity index is 1.79. The Labute approximate surface area is 151 Å². The molecule has 0 fully saturated rings. The standard InChI is InChI=1S/C21H20N2O3/c1-15-5-3-6-17(13-15)23-12-4-7-19(21(23)25)20(24)22-14-16-8-10-18(26-2)11-9-16/h3-13H,14H2,1-2H3,(H,22,24). The highest BCUT2D eigenvalue weighted by atomic mass is 16.5. The second-order valence-electron chi connectivity index (χ2n) is 5.97. The monoisotopic (exact) mass is 348 g/mol. The van der Waals surface area contributed by atoms with E-state index < -0.39 is 5.91 Å². The number of aromatic nitrogens is 1. The number of methoxy groups -OCH3 is 1. The minimum atomic E-state index is -0.396. The Morgan fingerprint density at radius 1 is 1.08 bits per heavy atom. The third-order valence-corrected chi connectivity index (χ3v) is 4.08. The largest absolute Gasteiger partial charge is 0.497 e. The summed E-state index contributed by atoms with van der Waals surface area (Å²) in [5, 5.41) is 2.79. The average molecular weight is 348 g/mol. The Morgan fingerprint density at radius 3 is 2.54 bits per heavy atom. The molecule has 0 saturated heterocycles. The molecule has 0 aliphatic rings. The van der Waals surface area contributed by atoms with Crippen molar-refractivity contribution in [2.75, 3.05) is 7.11 Å². The summed E-state index contributed by atoms with van der Waals surface area (Å²) < 4.78 is 6.59. The Morgan fingerprint density at radius 2 is 1.85 bits per heavy atom. The first-order valence-corrected chi connectivity index (χ1v) is 8.28. The number of hydrogen-bond donors (Lipinski definition) is 1. The molecule has 26 heavy (non-hydrogen) atoms. The number of rotatable bonds is 5. The van der Waals surface area contributed by atoms with E-state index >= 15 is 0 Å². The van der Waals surface area contributed by atoms with Crippen LogP contribution in [0, 0.1) is 6.92 Å². The molecule has 1 heterocycles. The first-order valence-electron chi connectivity index (χ1n) is 8.28. The van der Waals surface area contributed by atoms with Gasteiger partial charge in [-0.1, -0.05) is 24.3 Å². The maximum absolute atomic E-state index is 12.7. The van der Waals surface area contributed by atoms with Crippen molar-refractivity contribution in [1.29, 1.82) is 0 Å². The van der Waals surface area contributed by atoms with Gasteiger partial charge in [0.25, 0.3) is 11.5 Å². The van der Waals surface area contributed by atoms with Crippen LogP contribution in [-0.4, -0.2) is 17.6 Å². The third-order valence-electron chi connectivity index (χ3n) is 4.08. The lowest BCUT2D eigenvalue weighted by atomic mass is 10.2. The number of carbonyl (C=O) groups is 1. The van der Waals surface area contributed by atoms with Crippen LogP contribution in [0.2, 0.25) is 0 Å². The minimum absolute atomic E-state index is 0.113. The van der Waals surface area contributed by atoms with E-state index in [1.165, 1.54) is 10.6 Å². The smallest absolute Gasteiger partial charge is 0.267 e. The number of hydrogen-bond acceptors (Lipinski definition) is 3. The number of carbonyl (C=O) groups excluding carboxylic acids is 1. The number of pyridine rings is 1. The fourth-order valence-electron chi connectivity index (χ4n) is 2.67. The van der Waals surface area contributed by atoms with Crippen molar-refractivity contribution in [2.24, 2.45) is 0 Å². The van der Waals surface area contributed by atoms with Crippen molar-refractivity contribution in [3.05, 3.63) is 93.9 Å². The fraction of sp³-hybridized carbons (Fsp3) is 0.143. The number of aryl methyl sites for hydroxylation is 1. The van der Waals surface area contributed by atoms with Gasteiger partial charge in [-0.25, -0.2) is 0 Å². The first-order chi connectivity index (χ1) is 12.6. The van der Waals surface area contributed by atoms with Gasteiger partial charge in [-0.2, -0.15) is 0 Å². The van der Waals surface area contributed by atoms with Crippen molar-refractivity contribution in [1.82, 2.24) is 9.88 Å². The Hall–Kier alpha value is -3.34. The second-order valence-corrected chi connectivity index (χ2v) is 5.97. The van der Waals surface area contributed by atoms with E-state index in [4.69, 9.17) is 4.74 Å². The molecular formula is C21H20N2O3.